The third kappa shape index (κ3) is 4.17. The highest BCUT2D eigenvalue weighted by Crippen LogP contribution is 2.39. The highest BCUT2D eigenvalue weighted by Gasteiger charge is 2.36. The third-order valence-electron chi connectivity index (χ3n) is 7.11. The molecule has 33 heavy (non-hydrogen) atoms. The van der Waals surface area contributed by atoms with E-state index in [-0.39, 0.29) is 17.8 Å². The normalized spacial score (nSPS) is 21.0. The van der Waals surface area contributed by atoms with Gasteiger partial charge >= 0.3 is 0 Å². The number of carbonyl (C=O) groups is 1. The molecule has 1 aromatic carbocycles. The fraction of sp³-hybridized carbons (Fsp3) is 0.458. The Bertz CT molecular complexity index is 1190. The molecule has 174 valence electrons. The maximum atomic E-state index is 13.9. The van der Waals surface area contributed by atoms with Crippen LogP contribution in [0, 0.1) is 11.2 Å². The van der Waals surface area contributed by atoms with E-state index in [1.165, 1.54) is 12.1 Å². The molecular formula is C24H28ClFN6O. The maximum Gasteiger partial charge on any atom is 0.230 e. The van der Waals surface area contributed by atoms with Gasteiger partial charge in [0, 0.05) is 23.2 Å². The smallest absolute Gasteiger partial charge is 0.230 e. The van der Waals surface area contributed by atoms with Crippen LogP contribution in [0.4, 0.5) is 15.9 Å². The number of aromatic nitrogens is 3. The number of hydrogen-bond donors (Lipinski definition) is 1. The summed E-state index contributed by atoms with van der Waals surface area (Å²) in [7, 11) is 2.08. The lowest BCUT2D eigenvalue weighted by Crippen LogP contribution is -2.43. The fourth-order valence-electron chi connectivity index (χ4n) is 4.85. The van der Waals surface area contributed by atoms with Gasteiger partial charge in [-0.3, -0.25) is 4.79 Å². The molecule has 0 aliphatic carbocycles. The maximum absolute atomic E-state index is 13.9. The molecule has 0 bridgehead atoms. The first-order valence-electron chi connectivity index (χ1n) is 11.4. The van der Waals surface area contributed by atoms with Crippen LogP contribution < -0.4 is 10.2 Å². The van der Waals surface area contributed by atoms with E-state index >= 15 is 0 Å². The van der Waals surface area contributed by atoms with Gasteiger partial charge in [-0.05, 0) is 75.6 Å². The Labute approximate surface area is 197 Å². The first kappa shape index (κ1) is 22.1. The van der Waals surface area contributed by atoms with Crippen molar-refractivity contribution >= 4 is 34.7 Å². The van der Waals surface area contributed by atoms with Gasteiger partial charge in [-0.25, -0.2) is 13.9 Å². The second-order valence-corrected chi connectivity index (χ2v) is 9.85. The van der Waals surface area contributed by atoms with Gasteiger partial charge in [0.2, 0.25) is 5.91 Å². The molecule has 7 nitrogen and oxygen atoms in total. The Morgan fingerprint density at radius 3 is 2.82 bits per heavy atom. The summed E-state index contributed by atoms with van der Waals surface area (Å²) in [5.41, 5.74) is 1.55. The molecule has 1 unspecified atom stereocenters. The first-order chi connectivity index (χ1) is 15.8. The topological polar surface area (TPSA) is 65.8 Å². The summed E-state index contributed by atoms with van der Waals surface area (Å²) in [4.78, 5) is 22.4. The van der Waals surface area contributed by atoms with Crippen molar-refractivity contribution in [1.82, 2.24) is 19.5 Å². The molecule has 1 atom stereocenters. The lowest BCUT2D eigenvalue weighted by Gasteiger charge is -2.36. The Kier molecular flexibility index (Phi) is 5.74. The van der Waals surface area contributed by atoms with E-state index in [9.17, 15) is 9.18 Å². The molecule has 5 rings (SSSR count). The number of nitrogens with one attached hydrogen (secondary N) is 1. The van der Waals surface area contributed by atoms with E-state index in [1.54, 1.807) is 16.8 Å². The van der Waals surface area contributed by atoms with Crippen LogP contribution in [0.25, 0.3) is 5.65 Å². The predicted octanol–water partition coefficient (Wildman–Crippen LogP) is 4.53. The molecule has 2 saturated heterocycles. The molecule has 9 heteroatoms. The number of nitrogens with zero attached hydrogens (tertiary/aromatic N) is 5. The summed E-state index contributed by atoms with van der Waals surface area (Å²) >= 11 is 6.41. The zero-order valence-electron chi connectivity index (χ0n) is 18.9. The number of fused-ring (bicyclic) bond motifs is 1. The van der Waals surface area contributed by atoms with E-state index in [0.29, 0.717) is 16.4 Å². The minimum atomic E-state index is -0.410. The molecule has 2 fully saturated rings. The monoisotopic (exact) mass is 470 g/mol. The number of likely N-dealkylation sites (tertiary alicyclic amines) is 1. The third-order valence-corrected chi connectivity index (χ3v) is 7.45. The van der Waals surface area contributed by atoms with Crippen LogP contribution in [0.1, 0.15) is 44.2 Å². The number of benzene rings is 1. The molecule has 0 saturated carbocycles. The van der Waals surface area contributed by atoms with E-state index in [0.717, 1.165) is 56.7 Å². The number of anilines is 2. The standard InChI is InChI=1S/C24H28ClFN6O/c1-24(8-12-30(2)13-9-24)23(33)28-19-15-27-32-11-7-21(29-22(19)32)31-10-3-4-20(31)17-14-16(26)5-6-18(17)25/h5-7,11,14-15,20H,3-4,8-10,12-13H2,1-2H3,(H,28,33). The summed E-state index contributed by atoms with van der Waals surface area (Å²) in [6.45, 7) is 4.62. The predicted molar refractivity (Wildman–Crippen MR) is 127 cm³/mol. The van der Waals surface area contributed by atoms with Gasteiger partial charge in [0.1, 0.15) is 17.3 Å². The number of rotatable bonds is 4. The van der Waals surface area contributed by atoms with Crippen LogP contribution in [0.3, 0.4) is 0 Å². The Balaban J connectivity index is 1.42. The molecule has 1 amide bonds. The van der Waals surface area contributed by atoms with Crippen molar-refractivity contribution in [3.63, 3.8) is 0 Å². The van der Waals surface area contributed by atoms with E-state index < -0.39 is 5.41 Å². The molecule has 2 aliphatic rings. The van der Waals surface area contributed by atoms with Gasteiger partial charge in [-0.1, -0.05) is 18.5 Å². The summed E-state index contributed by atoms with van der Waals surface area (Å²) in [6.07, 6.45) is 6.94. The van der Waals surface area contributed by atoms with Crippen LogP contribution >= 0.6 is 11.6 Å². The van der Waals surface area contributed by atoms with Crippen molar-refractivity contribution in [2.24, 2.45) is 5.41 Å². The van der Waals surface area contributed by atoms with Crippen LogP contribution in [0.2, 0.25) is 5.02 Å². The van der Waals surface area contributed by atoms with E-state index in [1.807, 2.05) is 19.2 Å². The largest absolute Gasteiger partial charge is 0.349 e. The molecule has 2 aliphatic heterocycles. The number of hydrogen-bond acceptors (Lipinski definition) is 5. The number of piperidine rings is 1. The van der Waals surface area contributed by atoms with Crippen molar-refractivity contribution in [2.45, 2.75) is 38.6 Å². The zero-order chi connectivity index (χ0) is 23.2. The Morgan fingerprint density at radius 2 is 2.03 bits per heavy atom. The second-order valence-electron chi connectivity index (χ2n) is 9.45. The van der Waals surface area contributed by atoms with Gasteiger partial charge in [-0.15, -0.1) is 0 Å². The first-order valence-corrected chi connectivity index (χ1v) is 11.8. The minimum absolute atomic E-state index is 0.00305. The number of carbonyl (C=O) groups excluding carboxylic acids is 1. The highest BCUT2D eigenvalue weighted by atomic mass is 35.5. The summed E-state index contributed by atoms with van der Waals surface area (Å²) in [5, 5.41) is 7.99. The SMILES string of the molecule is CN1CCC(C)(C(=O)Nc2cnn3ccc(N4CCCC4c4cc(F)ccc4Cl)nc23)CC1. The van der Waals surface area contributed by atoms with Crippen LogP contribution in [0.5, 0.6) is 0 Å². The average molecular weight is 471 g/mol. The molecule has 0 spiro atoms. The zero-order valence-corrected chi connectivity index (χ0v) is 19.6. The van der Waals surface area contributed by atoms with Gasteiger partial charge in [0.05, 0.1) is 12.2 Å². The van der Waals surface area contributed by atoms with Gasteiger partial charge in [-0.2, -0.15) is 5.10 Å². The van der Waals surface area contributed by atoms with Crippen molar-refractivity contribution in [2.75, 3.05) is 36.9 Å². The Morgan fingerprint density at radius 1 is 1.24 bits per heavy atom. The number of amides is 1. The van der Waals surface area contributed by atoms with Gasteiger partial charge < -0.3 is 15.1 Å². The average Bonchev–Trinajstić information content (AvgIpc) is 3.44. The van der Waals surface area contributed by atoms with Crippen molar-refractivity contribution < 1.29 is 9.18 Å². The lowest BCUT2D eigenvalue weighted by molar-refractivity contribution is -0.127. The molecule has 3 aromatic rings. The quantitative estimate of drug-likeness (QED) is 0.606. The van der Waals surface area contributed by atoms with Crippen LogP contribution in [-0.2, 0) is 4.79 Å². The molecule has 0 radical (unpaired) electrons. The fourth-order valence-corrected chi connectivity index (χ4v) is 5.10. The summed E-state index contributed by atoms with van der Waals surface area (Å²) in [6, 6.07) is 6.34. The van der Waals surface area contributed by atoms with E-state index in [4.69, 9.17) is 16.6 Å². The molecule has 1 N–H and O–H groups in total. The lowest BCUT2D eigenvalue weighted by atomic mass is 9.79. The molecular weight excluding hydrogens is 443 g/mol. The van der Waals surface area contributed by atoms with E-state index in [2.05, 4.69) is 27.3 Å². The number of halogens is 2. The van der Waals surface area contributed by atoms with Gasteiger partial charge in [0.15, 0.2) is 5.65 Å². The van der Waals surface area contributed by atoms with Crippen molar-refractivity contribution in [3.8, 4) is 0 Å². The van der Waals surface area contributed by atoms with Gasteiger partial charge in [0.25, 0.3) is 0 Å². The minimum Gasteiger partial charge on any atom is -0.349 e. The van der Waals surface area contributed by atoms with Crippen LogP contribution in [0.15, 0.2) is 36.7 Å². The van der Waals surface area contributed by atoms with Crippen LogP contribution in [-0.4, -0.2) is 52.1 Å². The molecule has 2 aromatic heterocycles. The summed E-state index contributed by atoms with van der Waals surface area (Å²) in [5.74, 6) is 0.461. The summed E-state index contributed by atoms with van der Waals surface area (Å²) < 4.78 is 15.6. The Hall–Kier alpha value is -2.71. The molecule has 4 heterocycles. The van der Waals surface area contributed by atoms with Crippen molar-refractivity contribution in [3.05, 3.63) is 53.1 Å². The van der Waals surface area contributed by atoms with Crippen molar-refractivity contribution in [1.29, 1.82) is 0 Å². The highest BCUT2D eigenvalue weighted by molar-refractivity contribution is 6.31. The second kappa shape index (κ2) is 8.57.